The molecule has 0 aliphatic carbocycles. The van der Waals surface area contributed by atoms with Crippen LogP contribution in [-0.2, 0) is 25.8 Å². The van der Waals surface area contributed by atoms with Crippen LogP contribution in [0.15, 0.2) is 13.6 Å². The van der Waals surface area contributed by atoms with Crippen LogP contribution in [0.25, 0.3) is 0 Å². The topological polar surface area (TPSA) is 172 Å². The third-order valence-electron chi connectivity index (χ3n) is 3.49. The van der Waals surface area contributed by atoms with Crippen molar-refractivity contribution < 1.29 is 43.5 Å². The molecule has 4 N–H and O–H groups in total. The molecular formula is C15H24N2O10. The van der Waals surface area contributed by atoms with E-state index in [1.807, 2.05) is 0 Å². The maximum absolute atomic E-state index is 12.1. The second-order valence-electron chi connectivity index (χ2n) is 5.72. The molecular weight excluding hydrogens is 368 g/mol. The highest BCUT2D eigenvalue weighted by atomic mass is 17.1. The monoisotopic (exact) mass is 392 g/mol. The molecule has 1 amide bonds. The molecule has 0 fully saturated rings. The number of rotatable bonds is 12. The summed E-state index contributed by atoms with van der Waals surface area (Å²) in [5.41, 5.74) is 0. The number of hydrogen-bond donors (Lipinski definition) is 4. The number of aryl methyl sites for hydroxylation is 1. The van der Waals surface area contributed by atoms with E-state index in [0.717, 1.165) is 0 Å². The fourth-order valence-electron chi connectivity index (χ4n) is 2.07. The van der Waals surface area contributed by atoms with Gasteiger partial charge in [0.1, 0.15) is 0 Å². The van der Waals surface area contributed by atoms with E-state index in [4.69, 9.17) is 19.6 Å². The minimum atomic E-state index is -1.28. The highest BCUT2D eigenvalue weighted by Crippen LogP contribution is 2.08. The molecule has 1 heterocycles. The molecule has 0 radical (unpaired) electrons. The summed E-state index contributed by atoms with van der Waals surface area (Å²) in [5, 5.41) is 28.4. The van der Waals surface area contributed by atoms with Crippen LogP contribution in [0.2, 0.25) is 0 Å². The average Bonchev–Trinajstić information content (AvgIpc) is 2.90. The maximum atomic E-state index is 12.1. The normalized spacial score (nSPS) is 13.4. The van der Waals surface area contributed by atoms with Crippen LogP contribution in [0.1, 0.15) is 44.1 Å². The van der Waals surface area contributed by atoms with E-state index in [2.05, 4.69) is 14.6 Å². The van der Waals surface area contributed by atoms with Crippen LogP contribution in [0, 0.1) is 6.92 Å². The molecule has 27 heavy (non-hydrogen) atoms. The molecule has 154 valence electrons. The van der Waals surface area contributed by atoms with Gasteiger partial charge < -0.3 is 24.0 Å². The van der Waals surface area contributed by atoms with Gasteiger partial charge in [-0.3, -0.25) is 20.0 Å². The number of nitrogens with one attached hydrogen (secondary N) is 1. The number of esters is 1. The molecule has 0 bridgehead atoms. The largest absolute Gasteiger partial charge is 0.519 e. The lowest BCUT2D eigenvalue weighted by atomic mass is 10.1. The first-order valence-electron chi connectivity index (χ1n) is 8.25. The Balaban J connectivity index is 2.38. The summed E-state index contributed by atoms with van der Waals surface area (Å²) in [7, 11) is 0. The van der Waals surface area contributed by atoms with Crippen molar-refractivity contribution in [3.63, 3.8) is 0 Å². The number of unbranched alkanes of at least 4 members (excludes halogenated alkanes) is 2. The van der Waals surface area contributed by atoms with Crippen molar-refractivity contribution in [2.24, 2.45) is 0 Å². The van der Waals surface area contributed by atoms with E-state index in [1.165, 1.54) is 13.8 Å². The average molecular weight is 392 g/mol. The van der Waals surface area contributed by atoms with Crippen molar-refractivity contribution in [1.29, 1.82) is 0 Å². The summed E-state index contributed by atoms with van der Waals surface area (Å²) >= 11 is 0. The second-order valence-corrected chi connectivity index (χ2v) is 5.72. The molecule has 12 nitrogen and oxygen atoms in total. The third-order valence-corrected chi connectivity index (χ3v) is 3.49. The minimum absolute atomic E-state index is 0.0376. The molecule has 0 spiro atoms. The van der Waals surface area contributed by atoms with Gasteiger partial charge in [0.15, 0.2) is 24.2 Å². The Kier molecular flexibility index (Phi) is 9.67. The van der Waals surface area contributed by atoms with E-state index in [0.29, 0.717) is 19.3 Å². The first-order valence-corrected chi connectivity index (χ1v) is 8.25. The third kappa shape index (κ3) is 8.79. The predicted octanol–water partition coefficient (Wildman–Crippen LogP) is 0.0224. The highest BCUT2D eigenvalue weighted by molar-refractivity contribution is 5.84. The van der Waals surface area contributed by atoms with Crippen LogP contribution in [0.5, 0.6) is 0 Å². The molecule has 0 saturated carbocycles. The number of aliphatic hydroxyl groups is 1. The summed E-state index contributed by atoms with van der Waals surface area (Å²) in [5.74, 6) is -2.07. The molecule has 0 aliphatic rings. The van der Waals surface area contributed by atoms with E-state index < -0.39 is 29.8 Å². The van der Waals surface area contributed by atoms with Gasteiger partial charge in [-0.05, 0) is 26.7 Å². The standard InChI is InChI=1S/C15H24N2O10/c1-9(18)13(14(20)24-8-11-10(2)26-15(21)27-11)16-12(19)6-4-3-5-7-25-17(22)23/h9,13,18,22-23H,3-8H2,1-2H3,(H,16,19). The maximum Gasteiger partial charge on any atom is 0.519 e. The summed E-state index contributed by atoms with van der Waals surface area (Å²) in [6.45, 7) is 2.48. The molecule has 2 unspecified atom stereocenters. The van der Waals surface area contributed by atoms with Crippen LogP contribution >= 0.6 is 0 Å². The van der Waals surface area contributed by atoms with Gasteiger partial charge in [-0.15, -0.1) is 0 Å². The van der Waals surface area contributed by atoms with Crippen LogP contribution in [-0.4, -0.2) is 51.5 Å². The Hall–Kier alpha value is -2.25. The Morgan fingerprint density at radius 3 is 2.48 bits per heavy atom. The summed E-state index contributed by atoms with van der Waals surface area (Å²) < 4.78 is 14.3. The Bertz CT molecular complexity index is 651. The van der Waals surface area contributed by atoms with Crippen molar-refractivity contribution in [2.45, 2.75) is 58.3 Å². The van der Waals surface area contributed by atoms with Gasteiger partial charge in [0.2, 0.25) is 5.91 Å². The number of hydrogen-bond acceptors (Lipinski definition) is 11. The molecule has 2 atom stereocenters. The number of carbonyl (C=O) groups is 2. The fourth-order valence-corrected chi connectivity index (χ4v) is 2.07. The highest BCUT2D eigenvalue weighted by Gasteiger charge is 2.27. The number of nitrogens with zero attached hydrogens (tertiary/aromatic N) is 1. The molecule has 0 aromatic carbocycles. The summed E-state index contributed by atoms with van der Waals surface area (Å²) in [6, 6.07) is -1.28. The Morgan fingerprint density at radius 1 is 1.22 bits per heavy atom. The quantitative estimate of drug-likeness (QED) is 0.215. The predicted molar refractivity (Wildman–Crippen MR) is 85.2 cm³/mol. The number of ether oxygens (including phenoxy) is 1. The van der Waals surface area contributed by atoms with Crippen molar-refractivity contribution in [1.82, 2.24) is 10.7 Å². The van der Waals surface area contributed by atoms with Gasteiger partial charge in [-0.1, -0.05) is 6.42 Å². The van der Waals surface area contributed by atoms with Gasteiger partial charge in [0, 0.05) is 6.42 Å². The van der Waals surface area contributed by atoms with Crippen LogP contribution < -0.4 is 11.1 Å². The Labute approximate surface area is 154 Å². The second kappa shape index (κ2) is 11.5. The zero-order valence-corrected chi connectivity index (χ0v) is 15.0. The molecule has 1 aromatic heterocycles. The molecule has 12 heteroatoms. The van der Waals surface area contributed by atoms with E-state index in [9.17, 15) is 19.5 Å². The molecule has 1 rings (SSSR count). The van der Waals surface area contributed by atoms with E-state index in [-0.39, 0.29) is 36.5 Å². The van der Waals surface area contributed by atoms with Crippen molar-refractivity contribution in [2.75, 3.05) is 6.61 Å². The SMILES string of the molecule is Cc1oc(=O)oc1COC(=O)C(NC(=O)CCCCCON(O)O)C(C)O. The van der Waals surface area contributed by atoms with E-state index in [1.54, 1.807) is 0 Å². The number of carbonyl (C=O) groups excluding carboxylic acids is 2. The van der Waals surface area contributed by atoms with Gasteiger partial charge in [-0.25, -0.2) is 9.59 Å². The summed E-state index contributed by atoms with van der Waals surface area (Å²) in [4.78, 5) is 39.3. The fraction of sp³-hybridized carbons (Fsp3) is 0.667. The van der Waals surface area contributed by atoms with Crippen LogP contribution in [0.3, 0.4) is 0 Å². The smallest absolute Gasteiger partial charge is 0.456 e. The minimum Gasteiger partial charge on any atom is -0.456 e. The zero-order chi connectivity index (χ0) is 20.4. The van der Waals surface area contributed by atoms with Crippen molar-refractivity contribution in [3.05, 3.63) is 22.1 Å². The first-order chi connectivity index (χ1) is 12.7. The molecule has 0 aliphatic heterocycles. The van der Waals surface area contributed by atoms with Gasteiger partial charge in [0.25, 0.3) is 0 Å². The lowest BCUT2D eigenvalue weighted by Crippen LogP contribution is -2.48. The lowest BCUT2D eigenvalue weighted by Gasteiger charge is -2.19. The zero-order valence-electron chi connectivity index (χ0n) is 15.0. The summed E-state index contributed by atoms with van der Waals surface area (Å²) in [6.07, 6.45) is 0.417. The van der Waals surface area contributed by atoms with Crippen LogP contribution in [0.4, 0.5) is 0 Å². The lowest BCUT2D eigenvalue weighted by molar-refractivity contribution is -0.492. The molecule has 1 aromatic rings. The van der Waals surface area contributed by atoms with E-state index >= 15 is 0 Å². The van der Waals surface area contributed by atoms with Crippen molar-refractivity contribution in [3.8, 4) is 0 Å². The van der Waals surface area contributed by atoms with Gasteiger partial charge >= 0.3 is 11.8 Å². The number of amides is 1. The van der Waals surface area contributed by atoms with Gasteiger partial charge in [-0.2, -0.15) is 0 Å². The number of aliphatic hydroxyl groups excluding tert-OH is 1. The van der Waals surface area contributed by atoms with Crippen molar-refractivity contribution >= 4 is 11.9 Å². The molecule has 0 saturated heterocycles. The Morgan fingerprint density at radius 2 is 1.93 bits per heavy atom. The van der Waals surface area contributed by atoms with Gasteiger partial charge in [0.05, 0.1) is 18.1 Å². The first kappa shape index (κ1) is 22.8.